The summed E-state index contributed by atoms with van der Waals surface area (Å²) >= 11 is 1.54. The predicted octanol–water partition coefficient (Wildman–Crippen LogP) is 1.06. The molecule has 0 radical (unpaired) electrons. The SMILES string of the molecule is Cl.O=C(c1ccsc1)N1CCCN(C(=O)C2CNC2)CC1. The van der Waals surface area contributed by atoms with Crippen molar-refractivity contribution in [2.45, 2.75) is 6.42 Å². The summed E-state index contributed by atoms with van der Waals surface area (Å²) in [6.07, 6.45) is 0.863. The van der Waals surface area contributed by atoms with Gasteiger partial charge in [0.25, 0.3) is 5.91 Å². The topological polar surface area (TPSA) is 52.7 Å². The number of rotatable bonds is 2. The molecule has 2 saturated heterocycles. The molecule has 116 valence electrons. The summed E-state index contributed by atoms with van der Waals surface area (Å²) in [6, 6.07) is 1.86. The van der Waals surface area contributed by atoms with Gasteiger partial charge in [-0.2, -0.15) is 11.3 Å². The lowest BCUT2D eigenvalue weighted by molar-refractivity contribution is -0.136. The van der Waals surface area contributed by atoms with E-state index in [1.54, 1.807) is 0 Å². The van der Waals surface area contributed by atoms with Crippen LogP contribution in [0.15, 0.2) is 16.8 Å². The first-order chi connectivity index (χ1) is 9.75. The zero-order chi connectivity index (χ0) is 13.9. The van der Waals surface area contributed by atoms with Crippen LogP contribution >= 0.6 is 23.7 Å². The molecule has 1 N–H and O–H groups in total. The molecule has 21 heavy (non-hydrogen) atoms. The number of carbonyl (C=O) groups is 2. The van der Waals surface area contributed by atoms with Crippen molar-refractivity contribution in [3.05, 3.63) is 22.4 Å². The maximum atomic E-state index is 12.3. The van der Waals surface area contributed by atoms with Gasteiger partial charge in [0.1, 0.15) is 0 Å². The van der Waals surface area contributed by atoms with Crippen LogP contribution < -0.4 is 5.32 Å². The highest BCUT2D eigenvalue weighted by Crippen LogP contribution is 2.14. The molecule has 0 bridgehead atoms. The van der Waals surface area contributed by atoms with E-state index in [2.05, 4.69) is 5.32 Å². The van der Waals surface area contributed by atoms with E-state index in [1.807, 2.05) is 26.6 Å². The Bertz CT molecular complexity index is 490. The van der Waals surface area contributed by atoms with Crippen molar-refractivity contribution in [1.82, 2.24) is 15.1 Å². The highest BCUT2D eigenvalue weighted by molar-refractivity contribution is 7.08. The Labute approximate surface area is 134 Å². The fourth-order valence-electron chi connectivity index (χ4n) is 2.63. The summed E-state index contributed by atoms with van der Waals surface area (Å²) < 4.78 is 0. The van der Waals surface area contributed by atoms with Crippen LogP contribution in [0, 0.1) is 5.92 Å². The Morgan fingerprint density at radius 1 is 1.14 bits per heavy atom. The number of halogens is 1. The minimum absolute atomic E-state index is 0. The summed E-state index contributed by atoms with van der Waals surface area (Å²) in [5, 5.41) is 6.94. The molecule has 2 fully saturated rings. The first-order valence-corrected chi connectivity index (χ1v) is 8.01. The van der Waals surface area contributed by atoms with Crippen LogP contribution in [-0.4, -0.2) is 60.9 Å². The van der Waals surface area contributed by atoms with E-state index >= 15 is 0 Å². The summed E-state index contributed by atoms with van der Waals surface area (Å²) in [7, 11) is 0. The molecule has 1 aromatic heterocycles. The second-order valence-corrected chi connectivity index (χ2v) is 6.12. The summed E-state index contributed by atoms with van der Waals surface area (Å²) in [5.74, 6) is 0.480. The van der Waals surface area contributed by atoms with Crippen LogP contribution in [0.4, 0.5) is 0 Å². The molecule has 0 aliphatic carbocycles. The van der Waals surface area contributed by atoms with E-state index < -0.39 is 0 Å². The summed E-state index contributed by atoms with van der Waals surface area (Å²) in [4.78, 5) is 28.3. The van der Waals surface area contributed by atoms with Gasteiger partial charge in [-0.05, 0) is 17.9 Å². The Morgan fingerprint density at radius 3 is 2.48 bits per heavy atom. The standard InChI is InChI=1S/C14H19N3O2S.ClH/c18-13(11-2-7-20-10-11)16-3-1-4-17(6-5-16)14(19)12-8-15-9-12;/h2,7,10,12,15H,1,3-6,8-9H2;1H. The molecule has 2 aliphatic rings. The van der Waals surface area contributed by atoms with Crippen LogP contribution in [0.3, 0.4) is 0 Å². The molecule has 7 heteroatoms. The fraction of sp³-hybridized carbons (Fsp3) is 0.571. The van der Waals surface area contributed by atoms with Crippen molar-refractivity contribution in [2.75, 3.05) is 39.3 Å². The normalized spacial score (nSPS) is 19.4. The van der Waals surface area contributed by atoms with Crippen LogP contribution in [-0.2, 0) is 4.79 Å². The smallest absolute Gasteiger partial charge is 0.254 e. The van der Waals surface area contributed by atoms with E-state index in [4.69, 9.17) is 0 Å². The average Bonchev–Trinajstić information content (AvgIpc) is 2.80. The maximum Gasteiger partial charge on any atom is 0.254 e. The van der Waals surface area contributed by atoms with Gasteiger partial charge in [0.15, 0.2) is 0 Å². The zero-order valence-electron chi connectivity index (χ0n) is 11.8. The second kappa shape index (κ2) is 7.24. The monoisotopic (exact) mass is 329 g/mol. The molecule has 0 atom stereocenters. The van der Waals surface area contributed by atoms with Crippen molar-refractivity contribution >= 4 is 35.6 Å². The van der Waals surface area contributed by atoms with Gasteiger partial charge in [0.05, 0.1) is 11.5 Å². The van der Waals surface area contributed by atoms with Crippen molar-refractivity contribution < 1.29 is 9.59 Å². The summed E-state index contributed by atoms with van der Waals surface area (Å²) in [5.41, 5.74) is 0.762. The van der Waals surface area contributed by atoms with E-state index in [9.17, 15) is 9.59 Å². The number of amides is 2. The Hall–Kier alpha value is -1.11. The Balaban J connectivity index is 0.00000161. The number of nitrogens with zero attached hydrogens (tertiary/aromatic N) is 2. The van der Waals surface area contributed by atoms with Crippen molar-refractivity contribution in [1.29, 1.82) is 0 Å². The minimum Gasteiger partial charge on any atom is -0.341 e. The average molecular weight is 330 g/mol. The minimum atomic E-state index is 0. The Kier molecular flexibility index (Phi) is 5.61. The molecule has 2 amide bonds. The van der Waals surface area contributed by atoms with Gasteiger partial charge in [-0.25, -0.2) is 0 Å². The second-order valence-electron chi connectivity index (χ2n) is 5.34. The molecule has 0 unspecified atom stereocenters. The van der Waals surface area contributed by atoms with Crippen LogP contribution in [0.5, 0.6) is 0 Å². The number of carbonyl (C=O) groups excluding carboxylic acids is 2. The molecule has 0 spiro atoms. The maximum absolute atomic E-state index is 12.3. The third kappa shape index (κ3) is 3.56. The van der Waals surface area contributed by atoms with Crippen molar-refractivity contribution in [3.8, 4) is 0 Å². The lowest BCUT2D eigenvalue weighted by Crippen LogP contribution is -2.52. The lowest BCUT2D eigenvalue weighted by Gasteiger charge is -2.31. The summed E-state index contributed by atoms with van der Waals surface area (Å²) in [6.45, 7) is 4.40. The zero-order valence-corrected chi connectivity index (χ0v) is 13.4. The largest absolute Gasteiger partial charge is 0.341 e. The van der Waals surface area contributed by atoms with Crippen LogP contribution in [0.25, 0.3) is 0 Å². The van der Waals surface area contributed by atoms with Gasteiger partial charge in [-0.1, -0.05) is 0 Å². The van der Waals surface area contributed by atoms with E-state index in [0.29, 0.717) is 13.1 Å². The molecular formula is C14H20ClN3O2S. The highest BCUT2D eigenvalue weighted by atomic mass is 35.5. The number of hydrogen-bond donors (Lipinski definition) is 1. The van der Waals surface area contributed by atoms with Gasteiger partial charge in [-0.15, -0.1) is 12.4 Å². The molecule has 3 rings (SSSR count). The van der Waals surface area contributed by atoms with Gasteiger partial charge in [0.2, 0.25) is 5.91 Å². The van der Waals surface area contributed by atoms with Gasteiger partial charge >= 0.3 is 0 Å². The quantitative estimate of drug-likeness (QED) is 0.883. The predicted molar refractivity (Wildman–Crippen MR) is 85.0 cm³/mol. The first kappa shape index (κ1) is 16.3. The molecule has 0 saturated carbocycles. The van der Waals surface area contributed by atoms with Crippen molar-refractivity contribution in [2.24, 2.45) is 5.92 Å². The Morgan fingerprint density at radius 2 is 1.86 bits per heavy atom. The van der Waals surface area contributed by atoms with Gasteiger partial charge < -0.3 is 15.1 Å². The number of hydrogen-bond acceptors (Lipinski definition) is 4. The molecule has 5 nitrogen and oxygen atoms in total. The van der Waals surface area contributed by atoms with E-state index in [1.165, 1.54) is 11.3 Å². The van der Waals surface area contributed by atoms with Crippen LogP contribution in [0.1, 0.15) is 16.8 Å². The third-order valence-electron chi connectivity index (χ3n) is 3.99. The lowest BCUT2D eigenvalue weighted by atomic mass is 10.0. The first-order valence-electron chi connectivity index (χ1n) is 7.06. The third-order valence-corrected chi connectivity index (χ3v) is 4.68. The molecule has 1 aromatic rings. The fourth-order valence-corrected chi connectivity index (χ4v) is 3.26. The molecule has 0 aromatic carbocycles. The number of nitrogens with one attached hydrogen (secondary N) is 1. The molecular weight excluding hydrogens is 310 g/mol. The molecule has 3 heterocycles. The van der Waals surface area contributed by atoms with Crippen molar-refractivity contribution in [3.63, 3.8) is 0 Å². The highest BCUT2D eigenvalue weighted by Gasteiger charge is 2.30. The number of thiophene rings is 1. The van der Waals surface area contributed by atoms with Gasteiger partial charge in [-0.3, -0.25) is 9.59 Å². The van der Waals surface area contributed by atoms with Gasteiger partial charge in [0, 0.05) is 44.6 Å². The van der Waals surface area contributed by atoms with E-state index in [0.717, 1.165) is 38.2 Å². The van der Waals surface area contributed by atoms with E-state index in [-0.39, 0.29) is 30.1 Å². The molecule has 2 aliphatic heterocycles. The van der Waals surface area contributed by atoms with Crippen LogP contribution in [0.2, 0.25) is 0 Å².